The van der Waals surface area contributed by atoms with Crippen molar-refractivity contribution in [3.63, 3.8) is 0 Å². The number of thioether (sulfide) groups is 1. The minimum Gasteiger partial charge on any atom is -0.490 e. The van der Waals surface area contributed by atoms with E-state index in [1.54, 1.807) is 46.8 Å². The highest BCUT2D eigenvalue weighted by molar-refractivity contribution is 7.98. The van der Waals surface area contributed by atoms with Crippen molar-refractivity contribution in [2.45, 2.75) is 17.1 Å². The predicted molar refractivity (Wildman–Crippen MR) is 113 cm³/mol. The summed E-state index contributed by atoms with van der Waals surface area (Å²) in [5.41, 5.74) is 3.89. The molecule has 1 aliphatic heterocycles. The van der Waals surface area contributed by atoms with Gasteiger partial charge in [-0.25, -0.2) is 4.98 Å². The van der Waals surface area contributed by atoms with Gasteiger partial charge in [-0.05, 0) is 12.1 Å². The maximum absolute atomic E-state index is 12.9. The lowest BCUT2D eigenvalue weighted by Gasteiger charge is -2.14. The van der Waals surface area contributed by atoms with Crippen LogP contribution in [-0.4, -0.2) is 24.1 Å². The molecular weight excluding hydrogens is 416 g/mol. The van der Waals surface area contributed by atoms with Gasteiger partial charge >= 0.3 is 0 Å². The van der Waals surface area contributed by atoms with Crippen molar-refractivity contribution in [2.75, 3.05) is 18.5 Å². The largest absolute Gasteiger partial charge is 0.490 e. The molecule has 144 valence electrons. The van der Waals surface area contributed by atoms with Gasteiger partial charge in [-0.15, -0.1) is 23.1 Å². The second-order valence-corrected chi connectivity index (χ2v) is 8.19. The molecule has 5 nitrogen and oxygen atoms in total. The number of hydrogen-bond acceptors (Lipinski definition) is 6. The Balaban J connectivity index is 1.53. The van der Waals surface area contributed by atoms with Crippen LogP contribution in [0.5, 0.6) is 11.5 Å². The van der Waals surface area contributed by atoms with Crippen molar-refractivity contribution >= 4 is 46.3 Å². The van der Waals surface area contributed by atoms with Gasteiger partial charge in [-0.3, -0.25) is 4.79 Å². The van der Waals surface area contributed by atoms with E-state index >= 15 is 0 Å². The summed E-state index contributed by atoms with van der Waals surface area (Å²) in [6, 6.07) is 10.9. The molecule has 0 unspecified atom stereocenters. The van der Waals surface area contributed by atoms with E-state index in [9.17, 15) is 4.79 Å². The highest BCUT2D eigenvalue weighted by Crippen LogP contribution is 2.38. The first-order chi connectivity index (χ1) is 13.7. The van der Waals surface area contributed by atoms with Crippen molar-refractivity contribution in [1.82, 2.24) is 4.98 Å². The molecule has 4 rings (SSSR count). The number of fused-ring (bicyclic) bond motifs is 1. The van der Waals surface area contributed by atoms with E-state index in [0.717, 1.165) is 17.0 Å². The van der Waals surface area contributed by atoms with Crippen LogP contribution in [0.2, 0.25) is 5.02 Å². The summed E-state index contributed by atoms with van der Waals surface area (Å²) in [7, 11) is 0. The molecule has 0 saturated heterocycles. The highest BCUT2D eigenvalue weighted by Gasteiger charge is 2.18. The summed E-state index contributed by atoms with van der Waals surface area (Å²) in [6.45, 7) is 1.15. The first-order valence-corrected chi connectivity index (χ1v) is 11.0. The van der Waals surface area contributed by atoms with E-state index in [2.05, 4.69) is 10.3 Å². The van der Waals surface area contributed by atoms with Gasteiger partial charge in [0.1, 0.15) is 0 Å². The minimum absolute atomic E-state index is 0.224. The maximum Gasteiger partial charge on any atom is 0.256 e. The Labute approximate surface area is 176 Å². The molecule has 0 aliphatic carbocycles. The van der Waals surface area contributed by atoms with Gasteiger partial charge in [0.2, 0.25) is 0 Å². The number of halogens is 1. The fraction of sp³-hybridized carbons (Fsp3) is 0.200. The lowest BCUT2D eigenvalue weighted by atomic mass is 10.2. The number of carbonyl (C=O) groups excluding carboxylic acids is 1. The molecule has 3 aromatic rings. The number of benzene rings is 2. The summed E-state index contributed by atoms with van der Waals surface area (Å²) >= 11 is 9.49. The SMILES string of the molecule is O=C(Nc1cc2c(cc1Cl)OCCCO2)c1ccccc1SCc1cscn1. The molecule has 0 fully saturated rings. The number of amides is 1. The Morgan fingerprint density at radius 2 is 2.00 bits per heavy atom. The summed E-state index contributed by atoms with van der Waals surface area (Å²) in [5.74, 6) is 1.67. The van der Waals surface area contributed by atoms with Crippen LogP contribution in [0, 0.1) is 0 Å². The van der Waals surface area contributed by atoms with E-state index in [-0.39, 0.29) is 5.91 Å². The molecule has 0 radical (unpaired) electrons. The molecule has 2 heterocycles. The van der Waals surface area contributed by atoms with E-state index in [1.807, 2.05) is 23.6 Å². The molecule has 1 N–H and O–H groups in total. The molecule has 8 heteroatoms. The van der Waals surface area contributed by atoms with Crippen molar-refractivity contribution in [3.8, 4) is 11.5 Å². The number of rotatable bonds is 5. The molecule has 0 atom stereocenters. The summed E-state index contributed by atoms with van der Waals surface area (Å²) in [6.07, 6.45) is 0.803. The molecule has 2 aromatic carbocycles. The monoisotopic (exact) mass is 432 g/mol. The van der Waals surface area contributed by atoms with E-state index < -0.39 is 0 Å². The van der Waals surface area contributed by atoms with Gasteiger partial charge in [0.25, 0.3) is 5.91 Å². The smallest absolute Gasteiger partial charge is 0.256 e. The average Bonchev–Trinajstić information content (AvgIpc) is 3.13. The molecule has 0 saturated carbocycles. The van der Waals surface area contributed by atoms with Crippen LogP contribution in [0.4, 0.5) is 5.69 Å². The molecule has 1 aliphatic rings. The molecule has 28 heavy (non-hydrogen) atoms. The van der Waals surface area contributed by atoms with Crippen molar-refractivity contribution in [3.05, 3.63) is 63.6 Å². The first-order valence-electron chi connectivity index (χ1n) is 8.70. The lowest BCUT2D eigenvalue weighted by molar-refractivity contribution is 0.102. The van der Waals surface area contributed by atoms with Crippen molar-refractivity contribution in [2.24, 2.45) is 0 Å². The number of anilines is 1. The molecular formula is C20H17ClN2O3S2. The van der Waals surface area contributed by atoms with Crippen molar-refractivity contribution < 1.29 is 14.3 Å². The third kappa shape index (κ3) is 4.43. The Morgan fingerprint density at radius 3 is 2.79 bits per heavy atom. The fourth-order valence-corrected chi connectivity index (χ4v) is 4.53. The second kappa shape index (κ2) is 8.86. The zero-order valence-electron chi connectivity index (χ0n) is 14.8. The van der Waals surface area contributed by atoms with E-state index in [0.29, 0.717) is 46.7 Å². The number of thiazole rings is 1. The number of nitrogens with zero attached hydrogens (tertiary/aromatic N) is 1. The number of hydrogen-bond donors (Lipinski definition) is 1. The van der Waals surface area contributed by atoms with Gasteiger partial charge in [0.15, 0.2) is 11.5 Å². The zero-order valence-corrected chi connectivity index (χ0v) is 17.2. The normalized spacial score (nSPS) is 13.0. The lowest BCUT2D eigenvalue weighted by Crippen LogP contribution is -2.13. The third-order valence-corrected chi connectivity index (χ3v) is 6.13. The Kier molecular flexibility index (Phi) is 6.04. The maximum atomic E-state index is 12.9. The second-order valence-electron chi connectivity index (χ2n) is 6.05. The minimum atomic E-state index is -0.224. The third-order valence-electron chi connectivity index (χ3n) is 4.08. The summed E-state index contributed by atoms with van der Waals surface area (Å²) in [5, 5.41) is 5.31. The van der Waals surface area contributed by atoms with E-state index in [1.165, 1.54) is 0 Å². The Bertz CT molecular complexity index is 980. The molecule has 1 amide bonds. The predicted octanol–water partition coefficient (Wildman–Crippen LogP) is 5.50. The van der Waals surface area contributed by atoms with Crippen LogP contribution in [0.15, 0.2) is 52.2 Å². The van der Waals surface area contributed by atoms with Gasteiger partial charge in [0, 0.05) is 34.6 Å². The van der Waals surface area contributed by atoms with Crippen LogP contribution in [-0.2, 0) is 5.75 Å². The highest BCUT2D eigenvalue weighted by atomic mass is 35.5. The molecule has 0 bridgehead atoms. The summed E-state index contributed by atoms with van der Waals surface area (Å²) in [4.78, 5) is 18.1. The van der Waals surface area contributed by atoms with Gasteiger partial charge in [-0.2, -0.15) is 0 Å². The number of ether oxygens (including phenoxy) is 2. The quantitative estimate of drug-likeness (QED) is 0.539. The van der Waals surface area contributed by atoms with Crippen molar-refractivity contribution in [1.29, 1.82) is 0 Å². The number of carbonyl (C=O) groups is 1. The zero-order chi connectivity index (χ0) is 19.3. The summed E-state index contributed by atoms with van der Waals surface area (Å²) < 4.78 is 11.3. The number of nitrogens with one attached hydrogen (secondary N) is 1. The Morgan fingerprint density at radius 1 is 1.21 bits per heavy atom. The van der Waals surface area contributed by atoms with Crippen LogP contribution >= 0.6 is 34.7 Å². The molecule has 1 aromatic heterocycles. The van der Waals surface area contributed by atoms with Gasteiger partial charge < -0.3 is 14.8 Å². The standard InChI is InChI=1S/C20H17ClN2O3S2/c21-15-8-17-18(26-7-3-6-25-17)9-16(15)23-20(24)14-4-1-2-5-19(14)28-11-13-10-27-12-22-13/h1-2,4-5,8-10,12H,3,6-7,11H2,(H,23,24). The Hall–Kier alpha value is -2.22. The topological polar surface area (TPSA) is 60.5 Å². The van der Waals surface area contributed by atoms with Crippen LogP contribution in [0.1, 0.15) is 22.5 Å². The van der Waals surface area contributed by atoms with E-state index in [4.69, 9.17) is 21.1 Å². The van der Waals surface area contributed by atoms with Gasteiger partial charge in [-0.1, -0.05) is 23.7 Å². The van der Waals surface area contributed by atoms with Gasteiger partial charge in [0.05, 0.1) is 40.7 Å². The van der Waals surface area contributed by atoms with Crippen LogP contribution < -0.4 is 14.8 Å². The number of aromatic nitrogens is 1. The average molecular weight is 433 g/mol. The first kappa shape index (κ1) is 19.1. The fourth-order valence-electron chi connectivity index (χ4n) is 2.71. The van der Waals surface area contributed by atoms with Crippen LogP contribution in [0.3, 0.4) is 0 Å². The molecule has 0 spiro atoms. The van der Waals surface area contributed by atoms with Crippen LogP contribution in [0.25, 0.3) is 0 Å².